The van der Waals surface area contributed by atoms with E-state index in [-0.39, 0.29) is 0 Å². The predicted octanol–water partition coefficient (Wildman–Crippen LogP) is 3.03. The van der Waals surface area contributed by atoms with E-state index in [1.165, 1.54) is 11.3 Å². The third-order valence-electron chi connectivity index (χ3n) is 3.35. The summed E-state index contributed by atoms with van der Waals surface area (Å²) in [5, 5.41) is 16.1. The van der Waals surface area contributed by atoms with Gasteiger partial charge in [0.05, 0.1) is 5.82 Å². The normalized spacial score (nSPS) is 12.4. The Morgan fingerprint density at radius 2 is 2.00 bits per heavy atom. The lowest BCUT2D eigenvalue weighted by atomic mass is 10.1. The molecule has 0 saturated heterocycles. The van der Waals surface area contributed by atoms with Crippen molar-refractivity contribution in [2.45, 2.75) is 39.0 Å². The summed E-state index contributed by atoms with van der Waals surface area (Å²) in [7, 11) is 1.77. The van der Waals surface area contributed by atoms with E-state index in [1.807, 2.05) is 13.0 Å². The van der Waals surface area contributed by atoms with Crippen molar-refractivity contribution < 1.29 is 0 Å². The Balaban J connectivity index is 2.33. The van der Waals surface area contributed by atoms with Crippen LogP contribution in [0.4, 0.5) is 5.13 Å². The fourth-order valence-corrected chi connectivity index (χ4v) is 2.87. The number of rotatable bonds is 12. The summed E-state index contributed by atoms with van der Waals surface area (Å²) in [6.45, 7) is 9.69. The molecular formula is C18H29N7S. The Morgan fingerprint density at radius 1 is 1.23 bits per heavy atom. The highest BCUT2D eigenvalue weighted by Gasteiger charge is 2.06. The quantitative estimate of drug-likeness (QED) is 0.254. The summed E-state index contributed by atoms with van der Waals surface area (Å²) in [5.74, 6) is 0.591. The van der Waals surface area contributed by atoms with E-state index in [0.717, 1.165) is 52.9 Å². The molecule has 0 radical (unpaired) electrons. The van der Waals surface area contributed by atoms with Gasteiger partial charge in [-0.15, -0.1) is 10.2 Å². The highest BCUT2D eigenvalue weighted by atomic mass is 32.1. The number of unbranched alkanes of at least 4 members (excludes halogenated alkanes) is 1. The van der Waals surface area contributed by atoms with Gasteiger partial charge >= 0.3 is 0 Å². The van der Waals surface area contributed by atoms with Crippen LogP contribution in [-0.2, 0) is 6.42 Å². The zero-order chi connectivity index (χ0) is 19.4. The molecule has 1 rings (SSSR count). The van der Waals surface area contributed by atoms with Crippen molar-refractivity contribution in [1.82, 2.24) is 15.5 Å². The molecule has 0 spiro atoms. The molecule has 1 aromatic rings. The number of aliphatic imine (C=N–C) groups is 1. The monoisotopic (exact) mass is 375 g/mol. The van der Waals surface area contributed by atoms with E-state index in [2.05, 4.69) is 39.0 Å². The lowest BCUT2D eigenvalue weighted by Gasteiger charge is -2.05. The molecule has 8 heteroatoms. The van der Waals surface area contributed by atoms with Gasteiger partial charge in [-0.3, -0.25) is 4.99 Å². The van der Waals surface area contributed by atoms with E-state index >= 15 is 0 Å². The largest absolute Gasteiger partial charge is 0.402 e. The van der Waals surface area contributed by atoms with Gasteiger partial charge in [0, 0.05) is 43.2 Å². The van der Waals surface area contributed by atoms with E-state index in [1.54, 1.807) is 19.3 Å². The molecule has 0 unspecified atom stereocenters. The van der Waals surface area contributed by atoms with Crippen LogP contribution in [0.25, 0.3) is 0 Å². The molecule has 0 aliphatic heterocycles. The Bertz CT molecular complexity index is 685. The van der Waals surface area contributed by atoms with Crippen molar-refractivity contribution >= 4 is 22.7 Å². The first-order valence-electron chi connectivity index (χ1n) is 8.47. The summed E-state index contributed by atoms with van der Waals surface area (Å²) in [6.07, 6.45) is 9.59. The molecule has 7 nitrogen and oxygen atoms in total. The Hall–Kier alpha value is -2.61. The van der Waals surface area contributed by atoms with Crippen molar-refractivity contribution in [3.63, 3.8) is 0 Å². The maximum absolute atomic E-state index is 5.95. The summed E-state index contributed by atoms with van der Waals surface area (Å²) in [5.41, 5.74) is 14.0. The molecular weight excluding hydrogens is 346 g/mol. The second-order valence-corrected chi connectivity index (χ2v) is 6.74. The second kappa shape index (κ2) is 11.9. The molecule has 0 atom stereocenters. The molecule has 0 bridgehead atoms. The van der Waals surface area contributed by atoms with Crippen LogP contribution < -0.4 is 22.1 Å². The molecule has 0 fully saturated rings. The fourth-order valence-electron chi connectivity index (χ4n) is 2.04. The number of aryl methyl sites for hydroxylation is 1. The Kier molecular flexibility index (Phi) is 9.78. The van der Waals surface area contributed by atoms with Gasteiger partial charge in [0.2, 0.25) is 5.13 Å². The summed E-state index contributed by atoms with van der Waals surface area (Å²) in [4.78, 5) is 4.12. The minimum Gasteiger partial charge on any atom is -0.402 e. The Morgan fingerprint density at radius 3 is 2.69 bits per heavy atom. The number of nitrogens with one attached hydrogen (secondary N) is 2. The molecule has 0 aliphatic carbocycles. The maximum atomic E-state index is 5.95. The number of hydrogen-bond acceptors (Lipinski definition) is 8. The highest BCUT2D eigenvalue weighted by Crippen LogP contribution is 2.20. The van der Waals surface area contributed by atoms with Crippen LogP contribution in [0.1, 0.15) is 37.6 Å². The SMILES string of the molecule is C=C(CC(=C)Nc1nnc(CCCC/C(N)=C/C=C(\N)NC)s1)N=CC. The molecule has 0 saturated carbocycles. The van der Waals surface area contributed by atoms with Crippen molar-refractivity contribution in [1.29, 1.82) is 0 Å². The number of allylic oxidation sites excluding steroid dienone is 3. The summed E-state index contributed by atoms with van der Waals surface area (Å²) in [6, 6.07) is 0. The molecule has 0 amide bonds. The van der Waals surface area contributed by atoms with E-state index in [4.69, 9.17) is 11.5 Å². The van der Waals surface area contributed by atoms with Crippen molar-refractivity contribution in [3.8, 4) is 0 Å². The first-order chi connectivity index (χ1) is 12.4. The second-order valence-electron chi connectivity index (χ2n) is 5.68. The molecule has 0 aromatic carbocycles. The predicted molar refractivity (Wildman–Crippen MR) is 112 cm³/mol. The molecule has 0 aliphatic rings. The summed E-state index contributed by atoms with van der Waals surface area (Å²) >= 11 is 1.54. The third-order valence-corrected chi connectivity index (χ3v) is 4.25. The fraction of sp³-hybridized carbons (Fsp3) is 0.389. The van der Waals surface area contributed by atoms with Crippen LogP contribution in [0, 0.1) is 0 Å². The smallest absolute Gasteiger partial charge is 0.209 e. The minimum atomic E-state index is 0.581. The average molecular weight is 376 g/mol. The number of nitrogens with two attached hydrogens (primary N) is 2. The van der Waals surface area contributed by atoms with Gasteiger partial charge in [-0.05, 0) is 38.3 Å². The van der Waals surface area contributed by atoms with Crippen LogP contribution in [0.3, 0.4) is 0 Å². The number of anilines is 1. The van der Waals surface area contributed by atoms with Gasteiger partial charge in [0.25, 0.3) is 0 Å². The van der Waals surface area contributed by atoms with Gasteiger partial charge in [-0.1, -0.05) is 24.5 Å². The van der Waals surface area contributed by atoms with E-state index in [0.29, 0.717) is 12.2 Å². The van der Waals surface area contributed by atoms with Gasteiger partial charge in [-0.2, -0.15) is 0 Å². The molecule has 1 aromatic heterocycles. The molecule has 142 valence electrons. The third kappa shape index (κ3) is 9.03. The van der Waals surface area contributed by atoms with Gasteiger partial charge in [-0.25, -0.2) is 0 Å². The average Bonchev–Trinajstić information content (AvgIpc) is 3.03. The zero-order valence-corrected chi connectivity index (χ0v) is 16.4. The van der Waals surface area contributed by atoms with Crippen LogP contribution in [0.5, 0.6) is 0 Å². The standard InChI is InChI=1S/C18H29N7S/c1-5-22-13(2)12-14(3)23-18-25-24-17(26-18)9-7-6-8-15(19)10-11-16(20)21-4/h5,10-11,21H,2-3,6-9,12,19-20H2,1,4H3,(H,23,25)/b15-10-,16-11+,22-5?. The summed E-state index contributed by atoms with van der Waals surface area (Å²) < 4.78 is 0. The lowest BCUT2D eigenvalue weighted by molar-refractivity contribution is 0.718. The Labute approximate surface area is 159 Å². The van der Waals surface area contributed by atoms with Crippen LogP contribution in [0.2, 0.25) is 0 Å². The molecule has 6 N–H and O–H groups in total. The van der Waals surface area contributed by atoms with E-state index < -0.39 is 0 Å². The minimum absolute atomic E-state index is 0.581. The number of aromatic nitrogens is 2. The maximum Gasteiger partial charge on any atom is 0.209 e. The van der Waals surface area contributed by atoms with Crippen LogP contribution in [-0.4, -0.2) is 23.5 Å². The molecule has 26 heavy (non-hydrogen) atoms. The highest BCUT2D eigenvalue weighted by molar-refractivity contribution is 7.15. The number of hydrogen-bond donors (Lipinski definition) is 4. The first-order valence-corrected chi connectivity index (χ1v) is 9.29. The lowest BCUT2D eigenvalue weighted by Crippen LogP contribution is -2.14. The van der Waals surface area contributed by atoms with Crippen LogP contribution >= 0.6 is 11.3 Å². The number of nitrogens with zero attached hydrogens (tertiary/aromatic N) is 3. The van der Waals surface area contributed by atoms with Crippen molar-refractivity contribution in [2.75, 3.05) is 12.4 Å². The zero-order valence-electron chi connectivity index (χ0n) is 15.6. The van der Waals surface area contributed by atoms with Crippen molar-refractivity contribution in [2.24, 2.45) is 16.5 Å². The van der Waals surface area contributed by atoms with Gasteiger partial charge in [0.15, 0.2) is 0 Å². The van der Waals surface area contributed by atoms with E-state index in [9.17, 15) is 0 Å². The first kappa shape index (κ1) is 21.4. The molecule has 1 heterocycles. The van der Waals surface area contributed by atoms with Gasteiger partial charge in [0.1, 0.15) is 5.01 Å². The van der Waals surface area contributed by atoms with Gasteiger partial charge < -0.3 is 22.1 Å². The van der Waals surface area contributed by atoms with Crippen molar-refractivity contribution in [3.05, 3.63) is 53.2 Å². The topological polar surface area (TPSA) is 114 Å². The van der Waals surface area contributed by atoms with Crippen LogP contribution in [0.15, 0.2) is 53.2 Å².